The number of hydrogen-bond acceptors (Lipinski definition) is 4. The molecule has 3 rings (SSSR count). The summed E-state index contributed by atoms with van der Waals surface area (Å²) < 4.78 is 46.3. The van der Waals surface area contributed by atoms with Crippen molar-refractivity contribution < 1.29 is 22.7 Å². The maximum Gasteiger partial charge on any atom is 0.418 e. The van der Waals surface area contributed by atoms with E-state index in [9.17, 15) is 18.0 Å². The first-order valence-corrected chi connectivity index (χ1v) is 9.65. The van der Waals surface area contributed by atoms with Gasteiger partial charge in [0.05, 0.1) is 30.3 Å². The number of halogens is 3. The Morgan fingerprint density at radius 1 is 1.16 bits per heavy atom. The molecule has 1 aromatic heterocycles. The summed E-state index contributed by atoms with van der Waals surface area (Å²) in [4.78, 5) is 12.3. The minimum Gasteiger partial charge on any atom is -0.494 e. The molecule has 2 amide bonds. The second-order valence-electron chi connectivity index (χ2n) is 6.77. The van der Waals surface area contributed by atoms with E-state index in [0.717, 1.165) is 31.0 Å². The molecule has 164 valence electrons. The van der Waals surface area contributed by atoms with Gasteiger partial charge in [0.25, 0.3) is 0 Å². The number of carbonyl (C=O) groups is 1. The van der Waals surface area contributed by atoms with Crippen LogP contribution in [0.5, 0.6) is 5.75 Å². The van der Waals surface area contributed by atoms with Crippen molar-refractivity contribution in [3.63, 3.8) is 0 Å². The first kappa shape index (κ1) is 22.1. The lowest BCUT2D eigenvalue weighted by atomic mass is 10.1. The van der Waals surface area contributed by atoms with Crippen molar-refractivity contribution in [2.45, 2.75) is 32.4 Å². The minimum absolute atomic E-state index is 0.335. The van der Waals surface area contributed by atoms with E-state index in [1.165, 1.54) is 25.3 Å². The summed E-state index contributed by atoms with van der Waals surface area (Å²) >= 11 is 0. The fraction of sp³-hybridized carbons (Fsp3) is 0.286. The van der Waals surface area contributed by atoms with Gasteiger partial charge in [-0.1, -0.05) is 30.7 Å². The smallest absolute Gasteiger partial charge is 0.418 e. The van der Waals surface area contributed by atoms with Crippen LogP contribution >= 0.6 is 0 Å². The number of nitrogens with zero attached hydrogens (tertiary/aromatic N) is 3. The number of hydrogen-bond donors (Lipinski definition) is 2. The lowest BCUT2D eigenvalue weighted by molar-refractivity contribution is -0.136. The number of rotatable bonds is 7. The van der Waals surface area contributed by atoms with Gasteiger partial charge in [0.15, 0.2) is 0 Å². The van der Waals surface area contributed by atoms with E-state index in [1.807, 2.05) is 0 Å². The van der Waals surface area contributed by atoms with Crippen molar-refractivity contribution in [1.82, 2.24) is 15.0 Å². The van der Waals surface area contributed by atoms with Gasteiger partial charge in [-0.15, -0.1) is 5.10 Å². The van der Waals surface area contributed by atoms with Crippen molar-refractivity contribution in [3.05, 3.63) is 59.9 Å². The Hall–Kier alpha value is -3.56. The fourth-order valence-electron chi connectivity index (χ4n) is 2.96. The van der Waals surface area contributed by atoms with Gasteiger partial charge in [0.1, 0.15) is 11.4 Å². The molecule has 0 aliphatic carbocycles. The van der Waals surface area contributed by atoms with E-state index in [0.29, 0.717) is 17.1 Å². The molecule has 0 atom stereocenters. The number of ether oxygens (including phenoxy) is 1. The number of carbonyl (C=O) groups excluding carboxylic acids is 1. The van der Waals surface area contributed by atoms with E-state index in [1.54, 1.807) is 29.1 Å². The monoisotopic (exact) mass is 433 g/mol. The average molecular weight is 433 g/mol. The number of nitrogens with one attached hydrogen (secondary N) is 2. The van der Waals surface area contributed by atoms with Crippen molar-refractivity contribution in [3.8, 4) is 11.4 Å². The molecular formula is C21H22F3N5O2. The molecule has 0 saturated heterocycles. The molecule has 2 N–H and O–H groups in total. The van der Waals surface area contributed by atoms with Gasteiger partial charge in [-0.25, -0.2) is 9.48 Å². The zero-order valence-corrected chi connectivity index (χ0v) is 17.0. The van der Waals surface area contributed by atoms with Gasteiger partial charge in [-0.3, -0.25) is 0 Å². The highest BCUT2D eigenvalue weighted by molar-refractivity contribution is 6.00. The highest BCUT2D eigenvalue weighted by Gasteiger charge is 2.33. The number of aromatic nitrogens is 3. The van der Waals surface area contributed by atoms with Crippen LogP contribution in [0.1, 0.15) is 31.0 Å². The molecule has 0 bridgehead atoms. The van der Waals surface area contributed by atoms with Crippen molar-refractivity contribution in [2.75, 3.05) is 17.7 Å². The molecule has 0 fully saturated rings. The minimum atomic E-state index is -4.58. The summed E-state index contributed by atoms with van der Waals surface area (Å²) in [5, 5.41) is 13.0. The summed E-state index contributed by atoms with van der Waals surface area (Å²) in [6.45, 7) is 2.09. The van der Waals surface area contributed by atoms with Crippen LogP contribution in [0.3, 0.4) is 0 Å². The number of benzene rings is 2. The molecule has 0 radical (unpaired) electrons. The van der Waals surface area contributed by atoms with Crippen LogP contribution in [0.2, 0.25) is 0 Å². The predicted molar refractivity (Wildman–Crippen MR) is 111 cm³/mol. The van der Waals surface area contributed by atoms with E-state index >= 15 is 0 Å². The van der Waals surface area contributed by atoms with Gasteiger partial charge in [0.2, 0.25) is 0 Å². The second kappa shape index (κ2) is 9.50. The third kappa shape index (κ3) is 5.53. The van der Waals surface area contributed by atoms with Gasteiger partial charge in [0, 0.05) is 11.8 Å². The van der Waals surface area contributed by atoms with Gasteiger partial charge < -0.3 is 15.4 Å². The van der Waals surface area contributed by atoms with Crippen LogP contribution in [-0.2, 0) is 12.6 Å². The molecule has 0 saturated carbocycles. The number of unbranched alkanes of at least 4 members (excludes halogenated alkanes) is 1. The average Bonchev–Trinajstić information content (AvgIpc) is 3.20. The van der Waals surface area contributed by atoms with Crippen molar-refractivity contribution in [1.29, 1.82) is 0 Å². The molecule has 0 aliphatic heterocycles. The summed E-state index contributed by atoms with van der Waals surface area (Å²) in [5.41, 5.74) is 0.551. The SMILES string of the molecule is CCCCc1cn(-c2ccc(NC(=O)Nc3ccccc3C(F)(F)F)cc2OC)nn1. The van der Waals surface area contributed by atoms with Crippen LogP contribution < -0.4 is 15.4 Å². The third-order valence-electron chi connectivity index (χ3n) is 4.49. The van der Waals surface area contributed by atoms with Crippen LogP contribution in [0.25, 0.3) is 5.69 Å². The zero-order chi connectivity index (χ0) is 22.4. The Morgan fingerprint density at radius 2 is 1.94 bits per heavy atom. The molecule has 10 heteroatoms. The Balaban J connectivity index is 1.75. The predicted octanol–water partition coefficient (Wildman–Crippen LogP) is 5.28. The van der Waals surface area contributed by atoms with Crippen LogP contribution in [0, 0.1) is 0 Å². The summed E-state index contributed by atoms with van der Waals surface area (Å²) in [6, 6.07) is 8.78. The molecular weight excluding hydrogens is 411 g/mol. The molecule has 0 aliphatic rings. The number of anilines is 2. The topological polar surface area (TPSA) is 81.1 Å². The normalized spacial score (nSPS) is 11.3. The van der Waals surface area contributed by atoms with Gasteiger partial charge in [-0.2, -0.15) is 13.2 Å². The first-order valence-electron chi connectivity index (χ1n) is 9.65. The largest absolute Gasteiger partial charge is 0.494 e. The number of alkyl halides is 3. The molecule has 0 unspecified atom stereocenters. The number of urea groups is 1. The second-order valence-corrected chi connectivity index (χ2v) is 6.77. The number of aryl methyl sites for hydroxylation is 1. The lowest BCUT2D eigenvalue weighted by Crippen LogP contribution is -2.21. The summed E-state index contributed by atoms with van der Waals surface area (Å²) in [6.07, 6.45) is 0.0965. The third-order valence-corrected chi connectivity index (χ3v) is 4.49. The Morgan fingerprint density at radius 3 is 2.65 bits per heavy atom. The maximum atomic E-state index is 13.1. The van der Waals surface area contributed by atoms with Gasteiger partial charge >= 0.3 is 12.2 Å². The number of amides is 2. The van der Waals surface area contributed by atoms with Crippen molar-refractivity contribution in [2.24, 2.45) is 0 Å². The number of para-hydroxylation sites is 1. The fourth-order valence-corrected chi connectivity index (χ4v) is 2.96. The first-order chi connectivity index (χ1) is 14.8. The molecule has 3 aromatic rings. The van der Waals surface area contributed by atoms with E-state index in [-0.39, 0.29) is 5.69 Å². The highest BCUT2D eigenvalue weighted by atomic mass is 19.4. The van der Waals surface area contributed by atoms with Crippen LogP contribution in [0.15, 0.2) is 48.7 Å². The quantitative estimate of drug-likeness (QED) is 0.531. The Bertz CT molecular complexity index is 1050. The molecule has 1 heterocycles. The molecule has 31 heavy (non-hydrogen) atoms. The van der Waals surface area contributed by atoms with E-state index in [4.69, 9.17) is 4.74 Å². The number of methoxy groups -OCH3 is 1. The highest BCUT2D eigenvalue weighted by Crippen LogP contribution is 2.34. The van der Waals surface area contributed by atoms with Crippen LogP contribution in [0.4, 0.5) is 29.3 Å². The lowest BCUT2D eigenvalue weighted by Gasteiger charge is -2.15. The zero-order valence-electron chi connectivity index (χ0n) is 17.0. The molecule has 0 spiro atoms. The van der Waals surface area contributed by atoms with E-state index < -0.39 is 17.8 Å². The standard InChI is InChI=1S/C21H22F3N5O2/c1-3-4-7-15-13-29(28-27-15)18-11-10-14(12-19(18)31-2)25-20(30)26-17-9-6-5-8-16(17)21(22,23)24/h5-6,8-13H,3-4,7H2,1-2H3,(H2,25,26,30). The van der Waals surface area contributed by atoms with Gasteiger partial charge in [-0.05, 0) is 37.1 Å². The Kier molecular flexibility index (Phi) is 6.78. The Labute approximate surface area is 177 Å². The summed E-state index contributed by atoms with van der Waals surface area (Å²) in [5.74, 6) is 0.417. The van der Waals surface area contributed by atoms with Crippen LogP contribution in [-0.4, -0.2) is 28.1 Å². The molecule has 7 nitrogen and oxygen atoms in total. The summed E-state index contributed by atoms with van der Waals surface area (Å²) in [7, 11) is 1.47. The maximum absolute atomic E-state index is 13.1. The van der Waals surface area contributed by atoms with Crippen molar-refractivity contribution >= 4 is 17.4 Å². The molecule has 2 aromatic carbocycles. The van der Waals surface area contributed by atoms with E-state index in [2.05, 4.69) is 27.9 Å².